The third-order valence-corrected chi connectivity index (χ3v) is 1.31. The van der Waals surface area contributed by atoms with Crippen LogP contribution < -0.4 is 5.73 Å². The Bertz CT molecular complexity index is 159. The molecule has 0 radical (unpaired) electrons. The summed E-state index contributed by atoms with van der Waals surface area (Å²) in [6, 6.07) is 0. The van der Waals surface area contributed by atoms with Gasteiger partial charge in [0.15, 0.2) is 0 Å². The van der Waals surface area contributed by atoms with Crippen molar-refractivity contribution in [3.05, 3.63) is 11.6 Å². The number of allylic oxidation sites excluding steroid dienone is 1. The molecule has 3 heteroatoms. The molecule has 0 saturated carbocycles. The second-order valence-electron chi connectivity index (χ2n) is 2.84. The van der Waals surface area contributed by atoms with Crippen molar-refractivity contribution < 1.29 is 9.90 Å². The van der Waals surface area contributed by atoms with Gasteiger partial charge in [0.25, 0.3) is 0 Å². The molecule has 3 N–H and O–H groups in total. The van der Waals surface area contributed by atoms with Gasteiger partial charge in [0, 0.05) is 0 Å². The van der Waals surface area contributed by atoms with Gasteiger partial charge < -0.3 is 10.8 Å². The third kappa shape index (κ3) is 5.61. The van der Waals surface area contributed by atoms with Gasteiger partial charge in [-0.1, -0.05) is 11.6 Å². The topological polar surface area (TPSA) is 63.3 Å². The zero-order valence-corrected chi connectivity index (χ0v) is 7.00. The highest BCUT2D eigenvalue weighted by molar-refractivity contribution is 5.67. The molecule has 0 heterocycles. The Morgan fingerprint density at radius 1 is 1.64 bits per heavy atom. The average Bonchev–Trinajstić information content (AvgIpc) is 1.84. The summed E-state index contributed by atoms with van der Waals surface area (Å²) in [5.41, 5.74) is 6.47. The van der Waals surface area contributed by atoms with E-state index in [1.54, 1.807) is 0 Å². The molecule has 3 nitrogen and oxygen atoms in total. The summed E-state index contributed by atoms with van der Waals surface area (Å²) >= 11 is 0. The van der Waals surface area contributed by atoms with Crippen LogP contribution in [0.4, 0.5) is 0 Å². The van der Waals surface area contributed by atoms with Crippen LogP contribution >= 0.6 is 0 Å². The van der Waals surface area contributed by atoms with Crippen LogP contribution in [-0.4, -0.2) is 17.6 Å². The zero-order chi connectivity index (χ0) is 8.85. The van der Waals surface area contributed by atoms with Gasteiger partial charge in [-0.15, -0.1) is 0 Å². The van der Waals surface area contributed by atoms with Gasteiger partial charge in [-0.2, -0.15) is 0 Å². The highest BCUT2D eigenvalue weighted by Gasteiger charge is 2.07. The summed E-state index contributed by atoms with van der Waals surface area (Å²) < 4.78 is 0. The predicted octanol–water partition coefficient (Wildman–Crippen LogP) is 1.00. The molecule has 0 spiro atoms. The lowest BCUT2D eigenvalue weighted by atomic mass is 10.0. The maximum absolute atomic E-state index is 10.3. The van der Waals surface area contributed by atoms with E-state index in [-0.39, 0.29) is 12.3 Å². The normalized spacial score (nSPS) is 12.3. The van der Waals surface area contributed by atoms with E-state index in [2.05, 4.69) is 0 Å². The molecule has 0 unspecified atom stereocenters. The van der Waals surface area contributed by atoms with Crippen molar-refractivity contribution in [3.8, 4) is 0 Å². The maximum atomic E-state index is 10.3. The van der Waals surface area contributed by atoms with Crippen molar-refractivity contribution in [2.45, 2.75) is 20.3 Å². The molecule has 0 aromatic heterocycles. The van der Waals surface area contributed by atoms with Gasteiger partial charge in [0.05, 0.1) is 6.42 Å². The Balaban J connectivity index is 3.96. The zero-order valence-electron chi connectivity index (χ0n) is 7.00. The fourth-order valence-corrected chi connectivity index (χ4v) is 0.906. The van der Waals surface area contributed by atoms with Crippen molar-refractivity contribution in [1.82, 2.24) is 0 Å². The van der Waals surface area contributed by atoms with E-state index in [1.165, 1.54) is 0 Å². The monoisotopic (exact) mass is 157 g/mol. The van der Waals surface area contributed by atoms with Gasteiger partial charge in [0.2, 0.25) is 0 Å². The van der Waals surface area contributed by atoms with Crippen LogP contribution in [0.25, 0.3) is 0 Å². The number of carboxylic acids is 1. The first-order valence-electron chi connectivity index (χ1n) is 3.63. The van der Waals surface area contributed by atoms with Crippen molar-refractivity contribution >= 4 is 5.97 Å². The molecule has 0 fully saturated rings. The number of carboxylic acid groups (broad SMARTS) is 1. The fourth-order valence-electron chi connectivity index (χ4n) is 0.906. The standard InChI is InChI=1S/C8H15NO2/c1-6(2)3-7(5-9)4-8(10)11/h3,7H,4-5,9H2,1-2H3,(H,10,11)/t7-/m0/s1. The fraction of sp³-hybridized carbons (Fsp3) is 0.625. The quantitative estimate of drug-likeness (QED) is 0.598. The second-order valence-corrected chi connectivity index (χ2v) is 2.84. The summed E-state index contributed by atoms with van der Waals surface area (Å²) in [4.78, 5) is 10.3. The molecule has 0 bridgehead atoms. The van der Waals surface area contributed by atoms with Crippen LogP contribution in [0.15, 0.2) is 11.6 Å². The van der Waals surface area contributed by atoms with E-state index in [0.717, 1.165) is 5.57 Å². The number of hydrogen-bond donors (Lipinski definition) is 2. The van der Waals surface area contributed by atoms with E-state index in [1.807, 2.05) is 19.9 Å². The van der Waals surface area contributed by atoms with Crippen LogP contribution in [0.3, 0.4) is 0 Å². The van der Waals surface area contributed by atoms with Crippen LogP contribution in [0.1, 0.15) is 20.3 Å². The number of aliphatic carboxylic acids is 1. The molecule has 0 amide bonds. The van der Waals surface area contributed by atoms with Crippen molar-refractivity contribution in [1.29, 1.82) is 0 Å². The second kappa shape index (κ2) is 4.91. The summed E-state index contributed by atoms with van der Waals surface area (Å²) in [5, 5.41) is 8.44. The molecule has 0 aromatic carbocycles. The third-order valence-electron chi connectivity index (χ3n) is 1.31. The summed E-state index contributed by atoms with van der Waals surface area (Å²) in [6.07, 6.45) is 2.02. The Morgan fingerprint density at radius 2 is 2.18 bits per heavy atom. The number of carbonyl (C=O) groups is 1. The van der Waals surface area contributed by atoms with E-state index in [9.17, 15) is 4.79 Å². The average molecular weight is 157 g/mol. The molecule has 64 valence electrons. The molecule has 0 aliphatic carbocycles. The minimum absolute atomic E-state index is 0.0162. The van der Waals surface area contributed by atoms with Gasteiger partial charge in [-0.05, 0) is 26.3 Å². The molecular formula is C8H15NO2. The lowest BCUT2D eigenvalue weighted by Gasteiger charge is -2.06. The van der Waals surface area contributed by atoms with Gasteiger partial charge >= 0.3 is 5.97 Å². The van der Waals surface area contributed by atoms with Crippen LogP contribution in [0, 0.1) is 5.92 Å². The van der Waals surface area contributed by atoms with Crippen molar-refractivity contribution in [2.24, 2.45) is 11.7 Å². The van der Waals surface area contributed by atoms with E-state index in [4.69, 9.17) is 10.8 Å². The van der Waals surface area contributed by atoms with Gasteiger partial charge in [0.1, 0.15) is 0 Å². The molecule has 11 heavy (non-hydrogen) atoms. The Morgan fingerprint density at radius 3 is 2.45 bits per heavy atom. The summed E-state index contributed by atoms with van der Waals surface area (Å²) in [5.74, 6) is -0.810. The van der Waals surface area contributed by atoms with Gasteiger partial charge in [-0.25, -0.2) is 0 Å². The Kier molecular flexibility index (Phi) is 4.54. The number of rotatable bonds is 4. The Labute approximate surface area is 66.9 Å². The van der Waals surface area contributed by atoms with Crippen LogP contribution in [-0.2, 0) is 4.79 Å². The summed E-state index contributed by atoms with van der Waals surface area (Å²) in [6.45, 7) is 4.27. The first-order chi connectivity index (χ1) is 5.06. The van der Waals surface area contributed by atoms with Crippen LogP contribution in [0.5, 0.6) is 0 Å². The molecule has 0 aromatic rings. The van der Waals surface area contributed by atoms with E-state index >= 15 is 0 Å². The minimum atomic E-state index is -0.794. The maximum Gasteiger partial charge on any atom is 0.303 e. The molecule has 1 atom stereocenters. The number of hydrogen-bond acceptors (Lipinski definition) is 2. The van der Waals surface area contributed by atoms with E-state index < -0.39 is 5.97 Å². The van der Waals surface area contributed by atoms with Crippen LogP contribution in [0.2, 0.25) is 0 Å². The first kappa shape index (κ1) is 10.2. The first-order valence-corrected chi connectivity index (χ1v) is 3.63. The molecule has 0 saturated heterocycles. The van der Waals surface area contributed by atoms with Crippen molar-refractivity contribution in [3.63, 3.8) is 0 Å². The van der Waals surface area contributed by atoms with Gasteiger partial charge in [-0.3, -0.25) is 4.79 Å². The highest BCUT2D eigenvalue weighted by Crippen LogP contribution is 2.06. The summed E-state index contributed by atoms with van der Waals surface area (Å²) in [7, 11) is 0. The molecular weight excluding hydrogens is 142 g/mol. The Hall–Kier alpha value is -0.830. The molecule has 0 rings (SSSR count). The SMILES string of the molecule is CC(C)=C[C@H](CN)CC(=O)O. The smallest absolute Gasteiger partial charge is 0.303 e. The minimum Gasteiger partial charge on any atom is -0.481 e. The van der Waals surface area contributed by atoms with Crippen molar-refractivity contribution in [2.75, 3.05) is 6.54 Å². The van der Waals surface area contributed by atoms with E-state index in [0.29, 0.717) is 6.54 Å². The molecule has 0 aliphatic heterocycles. The largest absolute Gasteiger partial charge is 0.481 e. The lowest BCUT2D eigenvalue weighted by Crippen LogP contribution is -2.16. The lowest BCUT2D eigenvalue weighted by molar-refractivity contribution is -0.137. The molecule has 0 aliphatic rings. The predicted molar refractivity (Wildman–Crippen MR) is 44.2 cm³/mol. The highest BCUT2D eigenvalue weighted by atomic mass is 16.4. The number of nitrogens with two attached hydrogens (primary N) is 1.